The number of ether oxygens (including phenoxy) is 2. The van der Waals surface area contributed by atoms with Crippen molar-refractivity contribution in [1.82, 2.24) is 4.31 Å². The molecule has 2 aromatic rings. The quantitative estimate of drug-likeness (QED) is 0.510. The number of morpholine rings is 1. The fourth-order valence-corrected chi connectivity index (χ4v) is 4.55. The summed E-state index contributed by atoms with van der Waals surface area (Å²) in [6.07, 6.45) is 0. The Hall–Kier alpha value is -2.49. The lowest BCUT2D eigenvalue weighted by atomic mass is 9.87. The lowest BCUT2D eigenvalue weighted by Crippen LogP contribution is -2.40. The number of nitrogens with zero attached hydrogens (tertiary/aromatic N) is 2. The number of hydrogen-bond donors (Lipinski definition) is 0. The standard InChI is InChI=1S/C21H26N2O6S/c1-21(2,3)17-6-4-16(5-7-17)15-29-20-9-8-18(14-19(20)23(24)25)30(26,27)22-10-12-28-13-11-22/h4-9,14H,10-13,15H2,1-3H3. The van der Waals surface area contributed by atoms with Gasteiger partial charge in [-0.3, -0.25) is 10.1 Å². The predicted octanol–water partition coefficient (Wildman–Crippen LogP) is 3.49. The molecule has 0 spiro atoms. The molecule has 8 nitrogen and oxygen atoms in total. The first-order valence-corrected chi connectivity index (χ1v) is 11.1. The van der Waals surface area contributed by atoms with E-state index in [0.29, 0.717) is 13.2 Å². The molecule has 1 aliphatic heterocycles. The minimum atomic E-state index is -3.83. The van der Waals surface area contributed by atoms with E-state index in [1.54, 1.807) is 0 Å². The van der Waals surface area contributed by atoms with Crippen LogP contribution < -0.4 is 4.74 Å². The van der Waals surface area contributed by atoms with Crippen LogP contribution in [-0.2, 0) is 26.8 Å². The highest BCUT2D eigenvalue weighted by molar-refractivity contribution is 7.89. The number of rotatable bonds is 6. The van der Waals surface area contributed by atoms with Crippen LogP contribution in [0, 0.1) is 10.1 Å². The summed E-state index contributed by atoms with van der Waals surface area (Å²) in [4.78, 5) is 10.8. The molecular weight excluding hydrogens is 408 g/mol. The molecule has 1 aliphatic rings. The molecule has 0 radical (unpaired) electrons. The Morgan fingerprint density at radius 1 is 1.10 bits per heavy atom. The van der Waals surface area contributed by atoms with Crippen LogP contribution in [0.1, 0.15) is 31.9 Å². The molecule has 2 aromatic carbocycles. The summed E-state index contributed by atoms with van der Waals surface area (Å²) in [6.45, 7) is 7.54. The highest BCUT2D eigenvalue weighted by atomic mass is 32.2. The molecule has 0 aromatic heterocycles. The average Bonchev–Trinajstić information content (AvgIpc) is 2.72. The normalized spacial score (nSPS) is 15.7. The van der Waals surface area contributed by atoms with E-state index in [4.69, 9.17) is 9.47 Å². The molecule has 30 heavy (non-hydrogen) atoms. The van der Waals surface area contributed by atoms with Crippen LogP contribution in [0.5, 0.6) is 5.75 Å². The average molecular weight is 435 g/mol. The first kappa shape index (κ1) is 22.2. The molecule has 1 heterocycles. The van der Waals surface area contributed by atoms with Gasteiger partial charge in [0.2, 0.25) is 10.0 Å². The van der Waals surface area contributed by atoms with Crippen molar-refractivity contribution in [3.05, 3.63) is 63.7 Å². The van der Waals surface area contributed by atoms with E-state index in [1.807, 2.05) is 24.3 Å². The van der Waals surface area contributed by atoms with Gasteiger partial charge in [-0.05, 0) is 28.7 Å². The van der Waals surface area contributed by atoms with Crippen molar-refractivity contribution in [3.8, 4) is 5.75 Å². The van der Waals surface area contributed by atoms with E-state index in [9.17, 15) is 18.5 Å². The van der Waals surface area contributed by atoms with Crippen molar-refractivity contribution < 1.29 is 22.8 Å². The van der Waals surface area contributed by atoms with Gasteiger partial charge in [-0.2, -0.15) is 4.31 Å². The maximum atomic E-state index is 12.8. The number of nitro benzene ring substituents is 1. The largest absolute Gasteiger partial charge is 0.482 e. The third-order valence-corrected chi connectivity index (χ3v) is 6.84. The van der Waals surface area contributed by atoms with Gasteiger partial charge in [0, 0.05) is 19.2 Å². The summed E-state index contributed by atoms with van der Waals surface area (Å²) in [7, 11) is -3.83. The summed E-state index contributed by atoms with van der Waals surface area (Å²) in [5, 5.41) is 11.5. The van der Waals surface area contributed by atoms with Gasteiger partial charge in [0.25, 0.3) is 0 Å². The van der Waals surface area contributed by atoms with E-state index in [2.05, 4.69) is 20.8 Å². The Labute approximate surface area is 176 Å². The van der Waals surface area contributed by atoms with E-state index < -0.39 is 14.9 Å². The van der Waals surface area contributed by atoms with Crippen molar-refractivity contribution in [2.45, 2.75) is 37.7 Å². The fourth-order valence-electron chi connectivity index (χ4n) is 3.12. The molecule has 9 heteroatoms. The van der Waals surface area contributed by atoms with Gasteiger partial charge < -0.3 is 9.47 Å². The third-order valence-electron chi connectivity index (χ3n) is 4.95. The van der Waals surface area contributed by atoms with Crippen molar-refractivity contribution in [2.75, 3.05) is 26.3 Å². The fraction of sp³-hybridized carbons (Fsp3) is 0.429. The van der Waals surface area contributed by atoms with Crippen LogP contribution in [0.2, 0.25) is 0 Å². The molecule has 0 saturated carbocycles. The van der Waals surface area contributed by atoms with Gasteiger partial charge >= 0.3 is 5.69 Å². The first-order valence-electron chi connectivity index (χ1n) is 9.67. The van der Waals surface area contributed by atoms with Crippen LogP contribution in [0.3, 0.4) is 0 Å². The molecular formula is C21H26N2O6S. The van der Waals surface area contributed by atoms with Gasteiger partial charge in [-0.1, -0.05) is 45.0 Å². The van der Waals surface area contributed by atoms with Crippen LogP contribution in [0.4, 0.5) is 5.69 Å². The molecule has 3 rings (SSSR count). The number of sulfonamides is 1. The molecule has 0 unspecified atom stereocenters. The van der Waals surface area contributed by atoms with Crippen LogP contribution >= 0.6 is 0 Å². The van der Waals surface area contributed by atoms with Gasteiger partial charge in [-0.15, -0.1) is 0 Å². The molecule has 0 bridgehead atoms. The van der Waals surface area contributed by atoms with Gasteiger partial charge in [0.15, 0.2) is 5.75 Å². The van der Waals surface area contributed by atoms with E-state index in [0.717, 1.165) is 11.6 Å². The number of hydrogen-bond acceptors (Lipinski definition) is 6. The van der Waals surface area contributed by atoms with E-state index >= 15 is 0 Å². The van der Waals surface area contributed by atoms with Crippen molar-refractivity contribution >= 4 is 15.7 Å². The second-order valence-corrected chi connectivity index (χ2v) is 10.1. The second kappa shape index (κ2) is 8.71. The summed E-state index contributed by atoms with van der Waals surface area (Å²) in [5.41, 5.74) is 1.69. The highest BCUT2D eigenvalue weighted by Crippen LogP contribution is 2.32. The van der Waals surface area contributed by atoms with Gasteiger partial charge in [-0.25, -0.2) is 8.42 Å². The van der Waals surface area contributed by atoms with Gasteiger partial charge in [0.05, 0.1) is 23.0 Å². The lowest BCUT2D eigenvalue weighted by Gasteiger charge is -2.26. The number of nitro groups is 1. The zero-order valence-corrected chi connectivity index (χ0v) is 18.1. The Kier molecular flexibility index (Phi) is 6.44. The molecule has 0 N–H and O–H groups in total. The SMILES string of the molecule is CC(C)(C)c1ccc(COc2ccc(S(=O)(=O)N3CCOCC3)cc2[N+](=O)[O-])cc1. The van der Waals surface area contributed by atoms with Crippen LogP contribution in [-0.4, -0.2) is 43.9 Å². The van der Waals surface area contributed by atoms with Crippen molar-refractivity contribution in [1.29, 1.82) is 0 Å². The summed E-state index contributed by atoms with van der Waals surface area (Å²) < 4.78 is 37.6. The Morgan fingerprint density at radius 2 is 1.73 bits per heavy atom. The van der Waals surface area contributed by atoms with Crippen molar-refractivity contribution in [3.63, 3.8) is 0 Å². The third kappa shape index (κ3) is 4.97. The maximum Gasteiger partial charge on any atom is 0.312 e. The molecule has 1 saturated heterocycles. The zero-order chi connectivity index (χ0) is 21.9. The zero-order valence-electron chi connectivity index (χ0n) is 17.3. The van der Waals surface area contributed by atoms with Gasteiger partial charge in [0.1, 0.15) is 6.61 Å². The minimum absolute atomic E-state index is 0.0278. The number of benzene rings is 2. The molecule has 0 aliphatic carbocycles. The van der Waals surface area contributed by atoms with E-state index in [1.165, 1.54) is 22.0 Å². The molecule has 0 amide bonds. The molecule has 1 fully saturated rings. The Bertz CT molecular complexity index is 1010. The molecule has 162 valence electrons. The smallest absolute Gasteiger partial charge is 0.312 e. The summed E-state index contributed by atoms with van der Waals surface area (Å²) in [6, 6.07) is 11.6. The first-order chi connectivity index (χ1) is 14.1. The minimum Gasteiger partial charge on any atom is -0.482 e. The summed E-state index contributed by atoms with van der Waals surface area (Å²) >= 11 is 0. The monoisotopic (exact) mass is 434 g/mol. The lowest BCUT2D eigenvalue weighted by molar-refractivity contribution is -0.386. The van der Waals surface area contributed by atoms with E-state index in [-0.39, 0.29) is 41.4 Å². The molecule has 0 atom stereocenters. The Balaban J connectivity index is 1.79. The predicted molar refractivity (Wildman–Crippen MR) is 112 cm³/mol. The topological polar surface area (TPSA) is 99.0 Å². The highest BCUT2D eigenvalue weighted by Gasteiger charge is 2.29. The van der Waals surface area contributed by atoms with Crippen molar-refractivity contribution in [2.24, 2.45) is 0 Å². The van der Waals surface area contributed by atoms with Crippen LogP contribution in [0.15, 0.2) is 47.4 Å². The summed E-state index contributed by atoms with van der Waals surface area (Å²) in [5.74, 6) is 0.0285. The Morgan fingerprint density at radius 3 is 2.30 bits per heavy atom. The second-order valence-electron chi connectivity index (χ2n) is 8.14. The van der Waals surface area contributed by atoms with Crippen LogP contribution in [0.25, 0.3) is 0 Å². The maximum absolute atomic E-state index is 12.8.